The molecule has 2 aromatic carbocycles. The smallest absolute Gasteiger partial charge is 0.154 e. The normalized spacial score (nSPS) is 12.0. The van der Waals surface area contributed by atoms with Gasteiger partial charge in [-0.3, -0.25) is 19.1 Å². The van der Waals surface area contributed by atoms with Crippen molar-refractivity contribution >= 4 is 16.7 Å². The summed E-state index contributed by atoms with van der Waals surface area (Å²) in [5.74, 6) is -0.475. The highest BCUT2D eigenvalue weighted by molar-refractivity contribution is 5.98. The van der Waals surface area contributed by atoms with Crippen LogP contribution in [0.15, 0.2) is 54.7 Å². The number of aryl methyl sites for hydroxylation is 6. The molecule has 0 spiro atoms. The van der Waals surface area contributed by atoms with Crippen LogP contribution in [0.2, 0.25) is 0 Å². The van der Waals surface area contributed by atoms with Crippen LogP contribution >= 0.6 is 0 Å². The molecule has 7 heteroatoms. The minimum absolute atomic E-state index is 0. The first kappa shape index (κ1) is 28.9. The summed E-state index contributed by atoms with van der Waals surface area (Å²) in [5.41, 5.74) is 9.45. The monoisotopic (exact) mass is 539 g/mol. The Morgan fingerprint density at radius 2 is 1.68 bits per heavy atom. The fourth-order valence-corrected chi connectivity index (χ4v) is 5.69. The van der Waals surface area contributed by atoms with Crippen molar-refractivity contribution in [2.75, 3.05) is 0 Å². The van der Waals surface area contributed by atoms with Crippen molar-refractivity contribution in [1.82, 2.24) is 24.5 Å². The summed E-state index contributed by atoms with van der Waals surface area (Å²) in [7, 11) is 1.96. The lowest BCUT2D eigenvalue weighted by molar-refractivity contribution is -0.120. The minimum atomic E-state index is -0.273. The number of Topliss-reactive ketones (excluding diaryl/α,β-unsaturated/α-hetero) is 1. The van der Waals surface area contributed by atoms with Gasteiger partial charge in [-0.25, -0.2) is 4.39 Å². The highest BCUT2D eigenvalue weighted by atomic mass is 19.1. The fraction of sp³-hybridized carbons (Fsp3) is 0.333. The highest BCUT2D eigenvalue weighted by Gasteiger charge is 2.25. The molecule has 0 aliphatic heterocycles. The molecule has 40 heavy (non-hydrogen) atoms. The van der Waals surface area contributed by atoms with Crippen molar-refractivity contribution in [2.45, 2.75) is 67.3 Å². The van der Waals surface area contributed by atoms with Crippen LogP contribution in [-0.4, -0.2) is 30.3 Å². The summed E-state index contributed by atoms with van der Waals surface area (Å²) < 4.78 is 18.0. The zero-order valence-corrected chi connectivity index (χ0v) is 23.4. The third-order valence-electron chi connectivity index (χ3n) is 7.28. The zero-order valence-electron chi connectivity index (χ0n) is 23.4. The Morgan fingerprint density at radius 1 is 0.925 bits per heavy atom. The molecule has 1 unspecified atom stereocenters. The highest BCUT2D eigenvalue weighted by Crippen LogP contribution is 2.38. The van der Waals surface area contributed by atoms with Crippen molar-refractivity contribution in [3.8, 4) is 11.1 Å². The van der Waals surface area contributed by atoms with E-state index in [4.69, 9.17) is 10.1 Å². The maximum atomic E-state index is 14.4. The number of ketones is 1. The Labute approximate surface area is 235 Å². The van der Waals surface area contributed by atoms with Gasteiger partial charge < -0.3 is 0 Å². The van der Waals surface area contributed by atoms with Gasteiger partial charge >= 0.3 is 0 Å². The quantitative estimate of drug-likeness (QED) is 0.210. The molecule has 1 atom stereocenters. The molecule has 5 rings (SSSR count). The topological polar surface area (TPSA) is 65.6 Å². The molecule has 0 aliphatic carbocycles. The van der Waals surface area contributed by atoms with Crippen molar-refractivity contribution in [2.24, 2.45) is 7.05 Å². The molecule has 0 amide bonds. The third-order valence-corrected chi connectivity index (χ3v) is 7.28. The number of pyridine rings is 1. The van der Waals surface area contributed by atoms with E-state index in [1.54, 1.807) is 10.7 Å². The van der Waals surface area contributed by atoms with Gasteiger partial charge in [-0.05, 0) is 82.0 Å². The van der Waals surface area contributed by atoms with Crippen molar-refractivity contribution < 1.29 is 9.18 Å². The van der Waals surface area contributed by atoms with E-state index in [-0.39, 0.29) is 37.9 Å². The van der Waals surface area contributed by atoms with Crippen LogP contribution in [0.1, 0.15) is 59.2 Å². The summed E-state index contributed by atoms with van der Waals surface area (Å²) >= 11 is 0. The second kappa shape index (κ2) is 11.5. The van der Waals surface area contributed by atoms with Gasteiger partial charge in [-0.2, -0.15) is 10.2 Å². The maximum absolute atomic E-state index is 14.4. The van der Waals surface area contributed by atoms with Crippen LogP contribution in [0, 0.1) is 40.4 Å². The average Bonchev–Trinajstić information content (AvgIpc) is 3.40. The number of benzene rings is 2. The Bertz CT molecular complexity index is 1680. The van der Waals surface area contributed by atoms with Crippen LogP contribution in [0.25, 0.3) is 22.0 Å². The Balaban J connectivity index is 0.00000370. The molecule has 5 aromatic rings. The summed E-state index contributed by atoms with van der Waals surface area (Å²) in [5, 5.41) is 10.2. The number of aromatic nitrogens is 5. The molecule has 208 valence electrons. The summed E-state index contributed by atoms with van der Waals surface area (Å²) in [4.78, 5) is 18.4. The minimum Gasteiger partial charge on any atom is -0.298 e. The first-order chi connectivity index (χ1) is 18.6. The second-order valence-electron chi connectivity index (χ2n) is 10.7. The molecule has 0 radical (unpaired) electrons. The average molecular weight is 540 g/mol. The molecule has 6 nitrogen and oxygen atoms in total. The van der Waals surface area contributed by atoms with Crippen molar-refractivity contribution in [3.63, 3.8) is 0 Å². The molecule has 0 fully saturated rings. The summed E-state index contributed by atoms with van der Waals surface area (Å²) in [6.45, 7) is 10.1. The first-order valence-electron chi connectivity index (χ1n) is 13.3. The van der Waals surface area contributed by atoms with E-state index in [1.807, 2.05) is 63.8 Å². The van der Waals surface area contributed by atoms with E-state index in [9.17, 15) is 9.18 Å². The largest absolute Gasteiger partial charge is 0.298 e. The lowest BCUT2D eigenvalue weighted by Crippen LogP contribution is -2.17. The fourth-order valence-electron chi connectivity index (χ4n) is 5.69. The van der Waals surface area contributed by atoms with Gasteiger partial charge in [0.1, 0.15) is 5.82 Å². The molecule has 0 bridgehead atoms. The lowest BCUT2D eigenvalue weighted by atomic mass is 9.85. The summed E-state index contributed by atoms with van der Waals surface area (Å²) in [6, 6.07) is 15.3. The third kappa shape index (κ3) is 5.88. The molecular weight excluding hydrogens is 501 g/mol. The predicted octanol–water partition coefficient (Wildman–Crippen LogP) is 7.13. The number of hydrogen-bond donors (Lipinski definition) is 0. The Morgan fingerprint density at radius 3 is 2.38 bits per heavy atom. The van der Waals surface area contributed by atoms with Crippen molar-refractivity contribution in [1.29, 1.82) is 0 Å². The van der Waals surface area contributed by atoms with Gasteiger partial charge in [0.2, 0.25) is 0 Å². The first-order valence-corrected chi connectivity index (χ1v) is 13.3. The van der Waals surface area contributed by atoms with Crippen LogP contribution in [0.3, 0.4) is 0 Å². The van der Waals surface area contributed by atoms with Crippen LogP contribution in [0.4, 0.5) is 4.39 Å². The molecule has 3 aromatic heterocycles. The van der Waals surface area contributed by atoms with E-state index >= 15 is 0 Å². The van der Waals surface area contributed by atoms with Crippen molar-refractivity contribution in [3.05, 3.63) is 100 Å². The number of nitrogens with zero attached hydrogens (tertiary/aromatic N) is 5. The molecular formula is C33H38FN5O. The standard InChI is InChI=1S/C32H34FN5O.CH4/c1-19-13-24(16-26(33)14-19)15-25(17-27(39)18-38-12-11-22(4)35-38)31-28(10-8-21(3)34-31)29-9-7-20(2)30-23(5)36-37(6)32(29)30;/h7-14,16,25H,15,17-18H2,1-6H3;1H4. The zero-order chi connectivity index (χ0) is 27.8. The van der Waals surface area contributed by atoms with Gasteiger partial charge in [-0.1, -0.05) is 31.7 Å². The van der Waals surface area contributed by atoms with Gasteiger partial charge in [-0.15, -0.1) is 0 Å². The van der Waals surface area contributed by atoms with E-state index < -0.39 is 0 Å². The van der Waals surface area contributed by atoms with E-state index in [2.05, 4.69) is 30.2 Å². The number of halogens is 1. The van der Waals surface area contributed by atoms with E-state index in [1.165, 1.54) is 6.07 Å². The van der Waals surface area contributed by atoms with Crippen LogP contribution < -0.4 is 0 Å². The van der Waals surface area contributed by atoms with Crippen LogP contribution in [-0.2, 0) is 24.8 Å². The number of hydrogen-bond acceptors (Lipinski definition) is 4. The SMILES string of the molecule is C.Cc1cc(F)cc(CC(CC(=O)Cn2ccc(C)n2)c2nc(C)ccc2-c2ccc(C)c3c(C)nn(C)c23)c1. The lowest BCUT2D eigenvalue weighted by Gasteiger charge is -2.21. The number of rotatable bonds is 8. The number of carbonyl (C=O) groups is 1. The van der Waals surface area contributed by atoms with E-state index in [0.29, 0.717) is 6.42 Å². The molecule has 0 saturated heterocycles. The van der Waals surface area contributed by atoms with Gasteiger partial charge in [0.15, 0.2) is 5.78 Å². The number of fused-ring (bicyclic) bond motifs is 1. The molecule has 0 aliphatic rings. The Kier molecular flexibility index (Phi) is 8.33. The number of carbonyl (C=O) groups excluding carboxylic acids is 1. The second-order valence-corrected chi connectivity index (χ2v) is 10.7. The maximum Gasteiger partial charge on any atom is 0.154 e. The van der Waals surface area contributed by atoms with Gasteiger partial charge in [0, 0.05) is 47.8 Å². The van der Waals surface area contributed by atoms with Gasteiger partial charge in [0.05, 0.1) is 29.1 Å². The summed E-state index contributed by atoms with van der Waals surface area (Å²) in [6.07, 6.45) is 2.57. The molecule has 3 heterocycles. The van der Waals surface area contributed by atoms with Crippen LogP contribution in [0.5, 0.6) is 0 Å². The molecule has 0 saturated carbocycles. The van der Waals surface area contributed by atoms with E-state index in [0.717, 1.165) is 61.5 Å². The Hall–Kier alpha value is -4.13. The predicted molar refractivity (Wildman–Crippen MR) is 159 cm³/mol. The molecule has 0 N–H and O–H groups in total. The van der Waals surface area contributed by atoms with Gasteiger partial charge in [0.25, 0.3) is 0 Å².